The Kier molecular flexibility index (Phi) is 4.94. The highest BCUT2D eigenvalue weighted by atomic mass is 32.2. The lowest BCUT2D eigenvalue weighted by molar-refractivity contribution is -0.0245. The van der Waals surface area contributed by atoms with Gasteiger partial charge in [0.05, 0.1) is 0 Å². The van der Waals surface area contributed by atoms with Gasteiger partial charge in [0, 0.05) is 74.6 Å². The van der Waals surface area contributed by atoms with Crippen LogP contribution in [0, 0.1) is 5.41 Å². The summed E-state index contributed by atoms with van der Waals surface area (Å²) in [5.74, 6) is 3.64. The Morgan fingerprint density at radius 1 is 1.17 bits per heavy atom. The summed E-state index contributed by atoms with van der Waals surface area (Å²) in [6, 6.07) is 4.18. The van der Waals surface area contributed by atoms with E-state index in [-0.39, 0.29) is 16.5 Å². The second kappa shape index (κ2) is 8.01. The first-order valence-electron chi connectivity index (χ1n) is 12.8. The number of hydrogen-bond acceptors (Lipinski definition) is 8. The van der Waals surface area contributed by atoms with E-state index < -0.39 is 10.0 Å². The van der Waals surface area contributed by atoms with Crippen LogP contribution >= 0.6 is 0 Å². The molecule has 1 saturated heterocycles. The summed E-state index contributed by atoms with van der Waals surface area (Å²) >= 11 is 0. The molecule has 36 heavy (non-hydrogen) atoms. The Bertz CT molecular complexity index is 1370. The second-order valence-electron chi connectivity index (χ2n) is 10.9. The molecular weight excluding hydrogens is 478 g/mol. The molecule has 2 aliphatic carbocycles. The van der Waals surface area contributed by atoms with Crippen LogP contribution in [0.5, 0.6) is 0 Å². The van der Waals surface area contributed by atoms with Gasteiger partial charge in [-0.3, -0.25) is 5.10 Å². The van der Waals surface area contributed by atoms with E-state index >= 15 is 0 Å². The SMILES string of the molecule is CN(c1nccc(Nc2cc(C3CC3)[nH]n2)n1)C1CC2(C1)CN(S(=O)(=O)c1cn3c(n1)CCCC3)C2. The zero-order valence-electron chi connectivity index (χ0n) is 20.4. The number of aromatic nitrogens is 6. The summed E-state index contributed by atoms with van der Waals surface area (Å²) in [6.07, 6.45) is 10.8. The lowest BCUT2D eigenvalue weighted by atomic mass is 9.61. The molecule has 12 heteroatoms. The Morgan fingerprint density at radius 2 is 2.00 bits per heavy atom. The maximum atomic E-state index is 13.1. The van der Waals surface area contributed by atoms with Gasteiger partial charge in [-0.1, -0.05) is 0 Å². The number of fused-ring (bicyclic) bond motifs is 1. The summed E-state index contributed by atoms with van der Waals surface area (Å²) in [7, 11) is -1.51. The number of imidazole rings is 1. The Hall–Kier alpha value is -2.99. The molecule has 7 rings (SSSR count). The molecule has 2 saturated carbocycles. The fourth-order valence-electron chi connectivity index (χ4n) is 5.87. The van der Waals surface area contributed by atoms with Crippen LogP contribution in [0.2, 0.25) is 0 Å². The van der Waals surface area contributed by atoms with Crippen molar-refractivity contribution in [1.82, 2.24) is 34.0 Å². The summed E-state index contributed by atoms with van der Waals surface area (Å²) in [4.78, 5) is 15.7. The normalized spacial score (nSPS) is 21.6. The van der Waals surface area contributed by atoms with Gasteiger partial charge in [-0.25, -0.2) is 18.4 Å². The molecule has 11 nitrogen and oxygen atoms in total. The van der Waals surface area contributed by atoms with E-state index in [1.165, 1.54) is 18.5 Å². The van der Waals surface area contributed by atoms with Crippen LogP contribution in [0.1, 0.15) is 56.0 Å². The molecule has 0 amide bonds. The molecule has 0 aromatic carbocycles. The first kappa shape index (κ1) is 22.2. The number of aryl methyl sites for hydroxylation is 2. The van der Waals surface area contributed by atoms with E-state index in [4.69, 9.17) is 4.98 Å². The predicted molar refractivity (Wildman–Crippen MR) is 134 cm³/mol. The van der Waals surface area contributed by atoms with Gasteiger partial charge >= 0.3 is 0 Å². The molecule has 5 heterocycles. The number of hydrogen-bond donors (Lipinski definition) is 2. The molecule has 2 N–H and O–H groups in total. The third-order valence-electron chi connectivity index (χ3n) is 8.23. The van der Waals surface area contributed by atoms with E-state index in [0.29, 0.717) is 30.8 Å². The summed E-state index contributed by atoms with van der Waals surface area (Å²) in [6.45, 7) is 1.98. The number of nitrogens with one attached hydrogen (secondary N) is 2. The largest absolute Gasteiger partial charge is 0.341 e. The molecule has 4 aliphatic rings. The molecule has 3 aromatic rings. The molecule has 2 aliphatic heterocycles. The molecule has 0 unspecified atom stereocenters. The van der Waals surface area contributed by atoms with Crippen molar-refractivity contribution in [2.75, 3.05) is 30.4 Å². The third-order valence-corrected chi connectivity index (χ3v) is 9.89. The lowest BCUT2D eigenvalue weighted by Crippen LogP contribution is -2.67. The van der Waals surface area contributed by atoms with Crippen molar-refractivity contribution in [3.8, 4) is 0 Å². The summed E-state index contributed by atoms with van der Waals surface area (Å²) in [5.41, 5.74) is 1.22. The molecule has 1 spiro atoms. The van der Waals surface area contributed by atoms with Gasteiger partial charge in [0.25, 0.3) is 10.0 Å². The van der Waals surface area contributed by atoms with Crippen molar-refractivity contribution < 1.29 is 8.42 Å². The van der Waals surface area contributed by atoms with E-state index in [2.05, 4.69) is 30.4 Å². The predicted octanol–water partition coefficient (Wildman–Crippen LogP) is 2.64. The topological polar surface area (TPSA) is 125 Å². The second-order valence-corrected chi connectivity index (χ2v) is 12.8. The Labute approximate surface area is 210 Å². The van der Waals surface area contributed by atoms with Gasteiger partial charge in [-0.15, -0.1) is 0 Å². The minimum atomic E-state index is -3.52. The van der Waals surface area contributed by atoms with Crippen LogP contribution in [0.15, 0.2) is 29.6 Å². The molecular formula is C24H31N9O2S. The third kappa shape index (κ3) is 3.78. The zero-order chi connectivity index (χ0) is 24.5. The van der Waals surface area contributed by atoms with Crippen LogP contribution < -0.4 is 10.2 Å². The number of nitrogens with zero attached hydrogens (tertiary/aromatic N) is 7. The Morgan fingerprint density at radius 3 is 2.78 bits per heavy atom. The quantitative estimate of drug-likeness (QED) is 0.498. The van der Waals surface area contributed by atoms with Crippen LogP contribution in [-0.4, -0.2) is 68.6 Å². The van der Waals surface area contributed by atoms with Crippen molar-refractivity contribution >= 4 is 27.6 Å². The minimum absolute atomic E-state index is 0.0511. The van der Waals surface area contributed by atoms with E-state index in [0.717, 1.165) is 50.3 Å². The standard InChI is InChI=1S/C24H31N9O2S/c1-31(23-25-8-7-19(27-23)26-20-10-18(29-30-20)16-5-6-16)17-11-24(12-17)14-33(15-24)36(34,35)22-13-32-9-3-2-4-21(32)28-22/h7-8,10,13,16-17H,2-6,9,11-12,14-15H2,1H3,(H2,25,26,27,29,30). The van der Waals surface area contributed by atoms with Crippen LogP contribution in [0.25, 0.3) is 0 Å². The van der Waals surface area contributed by atoms with Crippen LogP contribution in [0.4, 0.5) is 17.6 Å². The van der Waals surface area contributed by atoms with E-state index in [1.54, 1.807) is 16.7 Å². The molecule has 0 atom stereocenters. The fraction of sp³-hybridized carbons (Fsp3) is 0.583. The number of anilines is 3. The monoisotopic (exact) mass is 509 g/mol. The van der Waals surface area contributed by atoms with Gasteiger partial charge in [0.1, 0.15) is 11.6 Å². The average Bonchev–Trinajstić information content (AvgIpc) is 3.39. The molecule has 3 aromatic heterocycles. The maximum absolute atomic E-state index is 13.1. The lowest BCUT2D eigenvalue weighted by Gasteiger charge is -2.59. The van der Waals surface area contributed by atoms with E-state index in [1.807, 2.05) is 23.7 Å². The first-order chi connectivity index (χ1) is 17.4. The van der Waals surface area contributed by atoms with Gasteiger partial charge in [0.2, 0.25) is 5.95 Å². The first-order valence-corrected chi connectivity index (χ1v) is 14.3. The van der Waals surface area contributed by atoms with Crippen molar-refractivity contribution in [2.45, 2.75) is 68.5 Å². The molecule has 0 bridgehead atoms. The highest BCUT2D eigenvalue weighted by Crippen LogP contribution is 2.51. The smallest absolute Gasteiger partial charge is 0.262 e. The minimum Gasteiger partial charge on any atom is -0.341 e. The van der Waals surface area contributed by atoms with Crippen molar-refractivity contribution in [1.29, 1.82) is 0 Å². The fourth-order valence-corrected chi connectivity index (χ4v) is 7.51. The van der Waals surface area contributed by atoms with Crippen molar-refractivity contribution in [2.24, 2.45) is 5.41 Å². The van der Waals surface area contributed by atoms with Crippen LogP contribution in [-0.2, 0) is 23.0 Å². The molecule has 190 valence electrons. The highest BCUT2D eigenvalue weighted by molar-refractivity contribution is 7.89. The molecule has 3 fully saturated rings. The number of rotatable bonds is 7. The summed E-state index contributed by atoms with van der Waals surface area (Å²) in [5, 5.41) is 10.9. The summed E-state index contributed by atoms with van der Waals surface area (Å²) < 4.78 is 29.9. The molecule has 0 radical (unpaired) electrons. The van der Waals surface area contributed by atoms with Gasteiger partial charge in [-0.2, -0.15) is 14.4 Å². The van der Waals surface area contributed by atoms with Gasteiger partial charge < -0.3 is 14.8 Å². The Balaban J connectivity index is 0.965. The van der Waals surface area contributed by atoms with E-state index in [9.17, 15) is 8.42 Å². The van der Waals surface area contributed by atoms with Gasteiger partial charge in [-0.05, 0) is 44.6 Å². The average molecular weight is 510 g/mol. The maximum Gasteiger partial charge on any atom is 0.262 e. The van der Waals surface area contributed by atoms with Crippen molar-refractivity contribution in [3.63, 3.8) is 0 Å². The van der Waals surface area contributed by atoms with Crippen molar-refractivity contribution in [3.05, 3.63) is 36.0 Å². The number of H-pyrrole nitrogens is 1. The number of sulfonamides is 1. The zero-order valence-corrected chi connectivity index (χ0v) is 21.2. The highest BCUT2D eigenvalue weighted by Gasteiger charge is 2.57. The van der Waals surface area contributed by atoms with Crippen LogP contribution in [0.3, 0.4) is 0 Å². The van der Waals surface area contributed by atoms with Gasteiger partial charge in [0.15, 0.2) is 10.8 Å². The number of aromatic amines is 1.